The van der Waals surface area contributed by atoms with Gasteiger partial charge in [0.15, 0.2) is 11.0 Å². The molecule has 0 spiro atoms. The van der Waals surface area contributed by atoms with Crippen LogP contribution in [-0.4, -0.2) is 38.4 Å². The summed E-state index contributed by atoms with van der Waals surface area (Å²) in [6.45, 7) is 4.23. The Morgan fingerprint density at radius 1 is 1.13 bits per heavy atom. The number of alkyl halides is 3. The number of aliphatic imine (C=N–C) groups is 1. The number of hydrazone groups is 1. The van der Waals surface area contributed by atoms with Crippen LogP contribution in [0.5, 0.6) is 5.75 Å². The molecular weight excluding hydrogens is 545 g/mol. The van der Waals surface area contributed by atoms with E-state index in [2.05, 4.69) is 44.1 Å². The van der Waals surface area contributed by atoms with Gasteiger partial charge in [-0.05, 0) is 65.6 Å². The number of thiazole rings is 1. The number of aromatic nitrogens is 3. The molecule has 0 aliphatic rings. The van der Waals surface area contributed by atoms with Crippen molar-refractivity contribution in [3.63, 3.8) is 0 Å². The molecule has 2 aromatic carbocycles. The highest BCUT2D eigenvalue weighted by molar-refractivity contribution is 8.13. The molecule has 3 heterocycles. The third kappa shape index (κ3) is 6.07. The van der Waals surface area contributed by atoms with Crippen LogP contribution in [0.3, 0.4) is 0 Å². The third-order valence-corrected chi connectivity index (χ3v) is 7.46. The molecule has 0 aliphatic carbocycles. The molecule has 0 radical (unpaired) electrons. The molecule has 200 valence electrons. The number of benzene rings is 2. The van der Waals surface area contributed by atoms with Gasteiger partial charge in [-0.25, -0.2) is 15.0 Å². The number of imidazole rings is 1. The standard InChI is InChI=1S/C27H23F3N6OS2/c1-16(2)23-24(32-15-39-23)34-26(38-3)35-33-13-17-4-9-21-19(12-17)10-11-36-22(14-31-25(21)36)18-5-7-20(8-6-18)37-27(28,29)30/h4-16H,1-3H3,(H,34,35). The van der Waals surface area contributed by atoms with Gasteiger partial charge in [-0.3, -0.25) is 9.83 Å². The van der Waals surface area contributed by atoms with Crippen molar-refractivity contribution in [3.8, 4) is 17.0 Å². The molecule has 0 fully saturated rings. The Balaban J connectivity index is 1.35. The van der Waals surface area contributed by atoms with Crippen molar-refractivity contribution in [1.29, 1.82) is 0 Å². The van der Waals surface area contributed by atoms with Gasteiger partial charge in [-0.2, -0.15) is 5.10 Å². The summed E-state index contributed by atoms with van der Waals surface area (Å²) >= 11 is 3.05. The summed E-state index contributed by atoms with van der Waals surface area (Å²) in [6.07, 6.45) is 2.50. The van der Waals surface area contributed by atoms with E-state index in [4.69, 9.17) is 0 Å². The summed E-state index contributed by atoms with van der Waals surface area (Å²) in [5, 5.41) is 6.91. The number of thioether (sulfide) groups is 1. The number of ether oxygens (including phenoxy) is 1. The lowest BCUT2D eigenvalue weighted by Gasteiger charge is -2.09. The zero-order valence-electron chi connectivity index (χ0n) is 21.1. The van der Waals surface area contributed by atoms with Gasteiger partial charge in [0.1, 0.15) is 11.4 Å². The van der Waals surface area contributed by atoms with Gasteiger partial charge < -0.3 is 4.74 Å². The van der Waals surface area contributed by atoms with E-state index >= 15 is 0 Å². The van der Waals surface area contributed by atoms with Crippen molar-refractivity contribution in [2.75, 3.05) is 6.26 Å². The van der Waals surface area contributed by atoms with E-state index < -0.39 is 6.36 Å². The summed E-state index contributed by atoms with van der Waals surface area (Å²) in [6, 6.07) is 13.6. The van der Waals surface area contributed by atoms with Gasteiger partial charge in [0.05, 0.1) is 28.5 Å². The van der Waals surface area contributed by atoms with Crippen LogP contribution in [0.2, 0.25) is 0 Å². The van der Waals surface area contributed by atoms with E-state index in [0.29, 0.717) is 16.9 Å². The van der Waals surface area contributed by atoms with Crippen LogP contribution in [0.1, 0.15) is 30.2 Å². The van der Waals surface area contributed by atoms with Crippen molar-refractivity contribution in [2.45, 2.75) is 26.1 Å². The fourth-order valence-corrected chi connectivity index (χ4v) is 5.08. The van der Waals surface area contributed by atoms with Crippen molar-refractivity contribution in [2.24, 2.45) is 10.1 Å². The molecule has 5 aromatic rings. The van der Waals surface area contributed by atoms with Crippen LogP contribution in [-0.2, 0) is 0 Å². The van der Waals surface area contributed by atoms with Crippen LogP contribution >= 0.6 is 23.1 Å². The molecule has 3 aromatic heterocycles. The molecule has 39 heavy (non-hydrogen) atoms. The third-order valence-electron chi connectivity index (χ3n) is 5.77. The summed E-state index contributed by atoms with van der Waals surface area (Å²) < 4.78 is 43.3. The molecule has 5 rings (SSSR count). The van der Waals surface area contributed by atoms with Gasteiger partial charge in [0.2, 0.25) is 0 Å². The minimum absolute atomic E-state index is 0.270. The number of nitrogens with one attached hydrogen (secondary N) is 1. The van der Waals surface area contributed by atoms with Crippen molar-refractivity contribution < 1.29 is 17.9 Å². The lowest BCUT2D eigenvalue weighted by atomic mass is 10.1. The lowest BCUT2D eigenvalue weighted by molar-refractivity contribution is -0.274. The predicted molar refractivity (Wildman–Crippen MR) is 152 cm³/mol. The normalized spacial score (nSPS) is 12.7. The number of hydrogen-bond donors (Lipinski definition) is 1. The fourth-order valence-electron chi connectivity index (χ4n) is 4.01. The maximum atomic E-state index is 12.5. The predicted octanol–water partition coefficient (Wildman–Crippen LogP) is 7.61. The van der Waals surface area contributed by atoms with Crippen LogP contribution in [0.15, 0.2) is 76.5 Å². The quantitative estimate of drug-likeness (QED) is 0.130. The first-order chi connectivity index (χ1) is 18.7. The Labute approximate surface area is 230 Å². The molecule has 0 saturated heterocycles. The maximum absolute atomic E-state index is 12.5. The number of hydrogen-bond acceptors (Lipinski definition) is 7. The summed E-state index contributed by atoms with van der Waals surface area (Å²) in [5.41, 5.74) is 7.90. The Kier molecular flexibility index (Phi) is 7.58. The molecule has 0 aliphatic heterocycles. The molecule has 0 atom stereocenters. The number of amidine groups is 1. The number of nitrogens with zero attached hydrogens (tertiary/aromatic N) is 5. The van der Waals surface area contributed by atoms with Crippen molar-refractivity contribution in [1.82, 2.24) is 19.8 Å². The highest BCUT2D eigenvalue weighted by Crippen LogP contribution is 2.31. The lowest BCUT2D eigenvalue weighted by Crippen LogP contribution is -2.16. The zero-order chi connectivity index (χ0) is 27.6. The van der Waals surface area contributed by atoms with Gasteiger partial charge in [0, 0.05) is 17.1 Å². The van der Waals surface area contributed by atoms with E-state index in [1.165, 1.54) is 23.9 Å². The Morgan fingerprint density at radius 2 is 1.92 bits per heavy atom. The molecule has 0 saturated carbocycles. The number of fused-ring (bicyclic) bond motifs is 3. The van der Waals surface area contributed by atoms with Crippen LogP contribution < -0.4 is 10.2 Å². The van der Waals surface area contributed by atoms with Crippen molar-refractivity contribution in [3.05, 3.63) is 76.9 Å². The molecule has 1 N–H and O–H groups in total. The molecular formula is C27H23F3N6OS2. The smallest absolute Gasteiger partial charge is 0.406 e. The monoisotopic (exact) mass is 568 g/mol. The number of rotatable bonds is 6. The molecule has 12 heteroatoms. The Hall–Kier alpha value is -3.90. The number of pyridine rings is 1. The van der Waals surface area contributed by atoms with Crippen LogP contribution in [0.4, 0.5) is 19.0 Å². The van der Waals surface area contributed by atoms with Crippen LogP contribution in [0.25, 0.3) is 27.7 Å². The average Bonchev–Trinajstić information content (AvgIpc) is 3.55. The van der Waals surface area contributed by atoms with Crippen LogP contribution in [0, 0.1) is 0 Å². The van der Waals surface area contributed by atoms with E-state index in [0.717, 1.165) is 38.1 Å². The highest BCUT2D eigenvalue weighted by atomic mass is 32.2. The minimum atomic E-state index is -4.73. The molecule has 0 amide bonds. The second kappa shape index (κ2) is 11.1. The Morgan fingerprint density at radius 3 is 2.64 bits per heavy atom. The summed E-state index contributed by atoms with van der Waals surface area (Å²) in [4.78, 5) is 14.7. The molecule has 7 nitrogen and oxygen atoms in total. The summed E-state index contributed by atoms with van der Waals surface area (Å²) in [5.74, 6) is 0.784. The first kappa shape index (κ1) is 26.7. The van der Waals surface area contributed by atoms with Gasteiger partial charge in [-0.1, -0.05) is 31.7 Å². The second-order valence-electron chi connectivity index (χ2n) is 8.76. The van der Waals surface area contributed by atoms with Gasteiger partial charge >= 0.3 is 6.36 Å². The largest absolute Gasteiger partial charge is 0.573 e. The summed E-state index contributed by atoms with van der Waals surface area (Å²) in [7, 11) is 0. The highest BCUT2D eigenvalue weighted by Gasteiger charge is 2.31. The topological polar surface area (TPSA) is 76.2 Å². The Bertz CT molecular complexity index is 1670. The van der Waals surface area contributed by atoms with Gasteiger partial charge in [-0.15, -0.1) is 24.5 Å². The minimum Gasteiger partial charge on any atom is -0.406 e. The molecule has 0 bridgehead atoms. The second-order valence-corrected chi connectivity index (χ2v) is 10.4. The maximum Gasteiger partial charge on any atom is 0.573 e. The zero-order valence-corrected chi connectivity index (χ0v) is 22.7. The van der Waals surface area contributed by atoms with Gasteiger partial charge in [0.25, 0.3) is 0 Å². The first-order valence-electron chi connectivity index (χ1n) is 11.8. The number of halogens is 3. The van der Waals surface area contributed by atoms with Crippen molar-refractivity contribution >= 4 is 56.7 Å². The van der Waals surface area contributed by atoms with E-state index in [9.17, 15) is 13.2 Å². The first-order valence-corrected chi connectivity index (χ1v) is 13.9. The van der Waals surface area contributed by atoms with E-state index in [1.54, 1.807) is 41.4 Å². The van der Waals surface area contributed by atoms with E-state index in [-0.39, 0.29) is 5.75 Å². The fraction of sp³-hybridized carbons (Fsp3) is 0.185. The van der Waals surface area contributed by atoms with E-state index in [1.807, 2.05) is 41.1 Å². The SMILES string of the molecule is CSC(=Nc1ncsc1C(C)C)NN=Cc1ccc2c(ccn3c(-c4ccc(OC(F)(F)F)cc4)cnc23)c1. The molecule has 0 unspecified atom stereocenters. The average molecular weight is 569 g/mol.